The molecule has 1 aromatic carbocycles. The van der Waals surface area contributed by atoms with Crippen molar-refractivity contribution in [1.82, 2.24) is 15.1 Å². The zero-order chi connectivity index (χ0) is 13.7. The Bertz CT molecular complexity index is 525. The zero-order valence-corrected chi connectivity index (χ0v) is 11.2. The lowest BCUT2D eigenvalue weighted by molar-refractivity contribution is 0.174. The fraction of sp³-hybridized carbons (Fsp3) is 0.357. The first-order valence-corrected chi connectivity index (χ1v) is 6.19. The Morgan fingerprint density at radius 2 is 2.32 bits per heavy atom. The van der Waals surface area contributed by atoms with Gasteiger partial charge in [-0.2, -0.15) is 5.10 Å². The molecular formula is C14H19N3O2. The monoisotopic (exact) mass is 261 g/mol. The van der Waals surface area contributed by atoms with Gasteiger partial charge in [-0.15, -0.1) is 0 Å². The van der Waals surface area contributed by atoms with Crippen molar-refractivity contribution in [2.45, 2.75) is 12.6 Å². The van der Waals surface area contributed by atoms with Crippen LogP contribution in [0, 0.1) is 0 Å². The van der Waals surface area contributed by atoms with Gasteiger partial charge in [0.15, 0.2) is 0 Å². The Balaban J connectivity index is 1.85. The lowest BCUT2D eigenvalue weighted by atomic mass is 10.1. The SMILES string of the molecule is COc1cccc(C(O)CNCc2cnn(C)c2)c1. The molecule has 0 saturated carbocycles. The first-order valence-electron chi connectivity index (χ1n) is 6.19. The molecule has 0 fully saturated rings. The third kappa shape index (κ3) is 3.81. The minimum absolute atomic E-state index is 0.488. The molecule has 5 heteroatoms. The van der Waals surface area contributed by atoms with Gasteiger partial charge in [0.25, 0.3) is 0 Å². The number of aliphatic hydroxyl groups is 1. The minimum atomic E-state index is -0.549. The molecule has 0 amide bonds. The Morgan fingerprint density at radius 1 is 1.47 bits per heavy atom. The fourth-order valence-electron chi connectivity index (χ4n) is 1.88. The number of aliphatic hydroxyl groups excluding tert-OH is 1. The predicted octanol–water partition coefficient (Wildman–Crippen LogP) is 1.25. The number of nitrogens with zero attached hydrogens (tertiary/aromatic N) is 2. The Kier molecular flexibility index (Phi) is 4.54. The highest BCUT2D eigenvalue weighted by molar-refractivity contribution is 5.29. The van der Waals surface area contributed by atoms with Gasteiger partial charge in [0.2, 0.25) is 0 Å². The predicted molar refractivity (Wildman–Crippen MR) is 72.9 cm³/mol. The van der Waals surface area contributed by atoms with Crippen LogP contribution in [0.5, 0.6) is 5.75 Å². The van der Waals surface area contributed by atoms with E-state index in [1.165, 1.54) is 0 Å². The van der Waals surface area contributed by atoms with E-state index in [-0.39, 0.29) is 0 Å². The van der Waals surface area contributed by atoms with Crippen molar-refractivity contribution in [3.63, 3.8) is 0 Å². The summed E-state index contributed by atoms with van der Waals surface area (Å²) in [6, 6.07) is 7.47. The van der Waals surface area contributed by atoms with E-state index >= 15 is 0 Å². The highest BCUT2D eigenvalue weighted by Gasteiger charge is 2.08. The van der Waals surface area contributed by atoms with Gasteiger partial charge in [-0.25, -0.2) is 0 Å². The van der Waals surface area contributed by atoms with E-state index in [1.54, 1.807) is 11.8 Å². The summed E-state index contributed by atoms with van der Waals surface area (Å²) in [6.45, 7) is 1.18. The summed E-state index contributed by atoms with van der Waals surface area (Å²) in [7, 11) is 3.50. The molecule has 1 heterocycles. The standard InChI is InChI=1S/C14H19N3O2/c1-17-10-11(8-16-17)7-15-9-14(18)12-4-3-5-13(6-12)19-2/h3-6,8,10,14-15,18H,7,9H2,1-2H3. The van der Waals surface area contributed by atoms with E-state index in [9.17, 15) is 5.11 Å². The molecule has 0 aliphatic carbocycles. The molecule has 1 aromatic heterocycles. The van der Waals surface area contributed by atoms with Crippen LogP contribution in [0.1, 0.15) is 17.2 Å². The zero-order valence-electron chi connectivity index (χ0n) is 11.2. The van der Waals surface area contributed by atoms with Gasteiger partial charge in [0.05, 0.1) is 19.4 Å². The number of nitrogens with one attached hydrogen (secondary N) is 1. The lowest BCUT2D eigenvalue weighted by Crippen LogP contribution is -2.20. The highest BCUT2D eigenvalue weighted by atomic mass is 16.5. The van der Waals surface area contributed by atoms with Crippen molar-refractivity contribution >= 4 is 0 Å². The largest absolute Gasteiger partial charge is 0.497 e. The Labute approximate surface area is 112 Å². The molecule has 0 aliphatic heterocycles. The van der Waals surface area contributed by atoms with Crippen molar-refractivity contribution < 1.29 is 9.84 Å². The number of hydrogen-bond acceptors (Lipinski definition) is 4. The second kappa shape index (κ2) is 6.36. The number of methoxy groups -OCH3 is 1. The molecule has 0 aliphatic rings. The number of aromatic nitrogens is 2. The second-order valence-corrected chi connectivity index (χ2v) is 4.45. The molecule has 1 unspecified atom stereocenters. The fourth-order valence-corrected chi connectivity index (χ4v) is 1.88. The van der Waals surface area contributed by atoms with E-state index in [0.29, 0.717) is 13.1 Å². The summed E-state index contributed by atoms with van der Waals surface area (Å²) < 4.78 is 6.90. The van der Waals surface area contributed by atoms with Gasteiger partial charge < -0.3 is 15.2 Å². The molecule has 19 heavy (non-hydrogen) atoms. The van der Waals surface area contributed by atoms with Gasteiger partial charge in [-0.05, 0) is 17.7 Å². The average molecular weight is 261 g/mol. The maximum atomic E-state index is 10.1. The number of aryl methyl sites for hydroxylation is 1. The van der Waals surface area contributed by atoms with E-state index < -0.39 is 6.10 Å². The van der Waals surface area contributed by atoms with E-state index in [0.717, 1.165) is 16.9 Å². The molecule has 0 bridgehead atoms. The minimum Gasteiger partial charge on any atom is -0.497 e. The van der Waals surface area contributed by atoms with Crippen LogP contribution in [-0.4, -0.2) is 28.5 Å². The average Bonchev–Trinajstić information content (AvgIpc) is 2.84. The number of ether oxygens (including phenoxy) is 1. The van der Waals surface area contributed by atoms with Crippen LogP contribution in [0.3, 0.4) is 0 Å². The Hall–Kier alpha value is -1.85. The summed E-state index contributed by atoms with van der Waals surface area (Å²) in [5.74, 6) is 0.754. The number of benzene rings is 1. The lowest BCUT2D eigenvalue weighted by Gasteiger charge is -2.12. The van der Waals surface area contributed by atoms with Crippen molar-refractivity contribution in [3.05, 3.63) is 47.8 Å². The molecule has 0 saturated heterocycles. The van der Waals surface area contributed by atoms with Crippen LogP contribution in [0.25, 0.3) is 0 Å². The maximum Gasteiger partial charge on any atom is 0.119 e. The molecule has 0 spiro atoms. The van der Waals surface area contributed by atoms with Gasteiger partial charge in [0.1, 0.15) is 5.75 Å². The smallest absolute Gasteiger partial charge is 0.119 e. The summed E-state index contributed by atoms with van der Waals surface area (Å²) in [4.78, 5) is 0. The van der Waals surface area contributed by atoms with Gasteiger partial charge in [-0.1, -0.05) is 12.1 Å². The highest BCUT2D eigenvalue weighted by Crippen LogP contribution is 2.18. The van der Waals surface area contributed by atoms with Crippen molar-refractivity contribution in [2.24, 2.45) is 7.05 Å². The quantitative estimate of drug-likeness (QED) is 0.821. The molecule has 0 radical (unpaired) electrons. The molecule has 102 valence electrons. The third-order valence-electron chi connectivity index (χ3n) is 2.90. The molecule has 5 nitrogen and oxygen atoms in total. The van der Waals surface area contributed by atoms with Crippen molar-refractivity contribution in [1.29, 1.82) is 0 Å². The molecule has 2 N–H and O–H groups in total. The molecule has 2 aromatic rings. The van der Waals surface area contributed by atoms with Crippen molar-refractivity contribution in [2.75, 3.05) is 13.7 Å². The van der Waals surface area contributed by atoms with Crippen LogP contribution >= 0.6 is 0 Å². The first-order chi connectivity index (χ1) is 9.19. The number of hydrogen-bond donors (Lipinski definition) is 2. The van der Waals surface area contributed by atoms with E-state index in [1.807, 2.05) is 43.7 Å². The maximum absolute atomic E-state index is 10.1. The third-order valence-corrected chi connectivity index (χ3v) is 2.90. The van der Waals surface area contributed by atoms with E-state index in [4.69, 9.17) is 4.74 Å². The van der Waals surface area contributed by atoms with Gasteiger partial charge in [0, 0.05) is 31.9 Å². The topological polar surface area (TPSA) is 59.3 Å². The van der Waals surface area contributed by atoms with E-state index in [2.05, 4.69) is 10.4 Å². The molecule has 2 rings (SSSR count). The Morgan fingerprint density at radius 3 is 3.00 bits per heavy atom. The van der Waals surface area contributed by atoms with Crippen LogP contribution in [0.2, 0.25) is 0 Å². The summed E-state index contributed by atoms with van der Waals surface area (Å²) in [5.41, 5.74) is 1.94. The number of rotatable bonds is 6. The molecule has 1 atom stereocenters. The summed E-state index contributed by atoms with van der Waals surface area (Å²) in [5, 5.41) is 17.4. The van der Waals surface area contributed by atoms with Gasteiger partial charge >= 0.3 is 0 Å². The summed E-state index contributed by atoms with van der Waals surface area (Å²) in [6.07, 6.45) is 3.21. The summed E-state index contributed by atoms with van der Waals surface area (Å²) >= 11 is 0. The van der Waals surface area contributed by atoms with Crippen LogP contribution < -0.4 is 10.1 Å². The van der Waals surface area contributed by atoms with Crippen molar-refractivity contribution in [3.8, 4) is 5.75 Å². The van der Waals surface area contributed by atoms with Gasteiger partial charge in [-0.3, -0.25) is 4.68 Å². The second-order valence-electron chi connectivity index (χ2n) is 4.45. The first kappa shape index (κ1) is 13.6. The van der Waals surface area contributed by atoms with Crippen LogP contribution in [-0.2, 0) is 13.6 Å². The normalized spacial score (nSPS) is 12.4. The van der Waals surface area contributed by atoms with Crippen LogP contribution in [0.15, 0.2) is 36.7 Å². The van der Waals surface area contributed by atoms with Crippen LogP contribution in [0.4, 0.5) is 0 Å². The molecular weight excluding hydrogens is 242 g/mol.